The van der Waals surface area contributed by atoms with Crippen LogP contribution < -0.4 is 24.9 Å². The van der Waals surface area contributed by atoms with Gasteiger partial charge in [0.05, 0.1) is 6.04 Å². The average molecular weight is 606 g/mol. The number of carbonyl (C=O) groups excluding carboxylic acids is 3. The van der Waals surface area contributed by atoms with Crippen molar-refractivity contribution in [2.75, 3.05) is 45.8 Å². The van der Waals surface area contributed by atoms with Gasteiger partial charge in [0.15, 0.2) is 0 Å². The van der Waals surface area contributed by atoms with E-state index < -0.39 is 0 Å². The summed E-state index contributed by atoms with van der Waals surface area (Å²) in [7, 11) is 0. The van der Waals surface area contributed by atoms with Crippen LogP contribution in [0.15, 0.2) is 109 Å². The summed E-state index contributed by atoms with van der Waals surface area (Å²) in [5, 5.41) is 3.09. The minimum atomic E-state index is -0.299. The topological polar surface area (TPSA) is 76.2 Å². The molecule has 1 atom stereocenters. The molecule has 0 radical (unpaired) electrons. The van der Waals surface area contributed by atoms with Crippen LogP contribution >= 0.6 is 0 Å². The lowest BCUT2D eigenvalue weighted by Gasteiger charge is -2.32. The van der Waals surface area contributed by atoms with Crippen molar-refractivity contribution in [1.82, 2.24) is 5.32 Å². The summed E-state index contributed by atoms with van der Waals surface area (Å²) in [6, 6.07) is 33.3. The first-order valence-corrected chi connectivity index (χ1v) is 15.6. The number of para-hydroxylation sites is 2. The Labute approximate surface area is 266 Å². The molecule has 0 aliphatic rings. The zero-order valence-electron chi connectivity index (χ0n) is 26.8. The van der Waals surface area contributed by atoms with Crippen LogP contribution in [0.3, 0.4) is 0 Å². The lowest BCUT2D eigenvalue weighted by molar-refractivity contribution is 0.0939. The van der Waals surface area contributed by atoms with Crippen LogP contribution in [0, 0.1) is 0 Å². The van der Waals surface area contributed by atoms with Crippen molar-refractivity contribution < 1.29 is 14.4 Å². The number of nitrogens with one attached hydrogen (secondary N) is 1. The van der Waals surface area contributed by atoms with Crippen molar-refractivity contribution in [2.45, 2.75) is 40.7 Å². The fourth-order valence-corrected chi connectivity index (χ4v) is 5.36. The molecule has 8 nitrogen and oxygen atoms in total. The number of amides is 5. The highest BCUT2D eigenvalue weighted by Gasteiger charge is 2.27. The van der Waals surface area contributed by atoms with E-state index in [1.807, 2.05) is 132 Å². The Bertz CT molecular complexity index is 1480. The van der Waals surface area contributed by atoms with Gasteiger partial charge in [-0.25, -0.2) is 9.59 Å². The lowest BCUT2D eigenvalue weighted by atomic mass is 10.1. The van der Waals surface area contributed by atoms with Crippen molar-refractivity contribution in [3.63, 3.8) is 0 Å². The zero-order valence-corrected chi connectivity index (χ0v) is 26.8. The van der Waals surface area contributed by atoms with Crippen LogP contribution in [0.25, 0.3) is 0 Å². The number of rotatable bonds is 11. The SMILES string of the molecule is CCN(C(=O)N(CC)c1cc(C(=O)N[C@H](C)c2ccccc2)cc(N(CC)C(=O)N(CC)c2ccccc2)c1)c1ccccc1. The van der Waals surface area contributed by atoms with Gasteiger partial charge in [-0.3, -0.25) is 24.4 Å². The van der Waals surface area contributed by atoms with Crippen molar-refractivity contribution in [2.24, 2.45) is 0 Å². The second kappa shape index (κ2) is 15.6. The first kappa shape index (κ1) is 32.8. The van der Waals surface area contributed by atoms with Gasteiger partial charge < -0.3 is 5.32 Å². The van der Waals surface area contributed by atoms with Crippen LogP contribution in [-0.4, -0.2) is 44.1 Å². The number of carbonyl (C=O) groups is 3. The third kappa shape index (κ3) is 7.70. The van der Waals surface area contributed by atoms with Gasteiger partial charge in [-0.15, -0.1) is 0 Å². The fourth-order valence-electron chi connectivity index (χ4n) is 5.36. The van der Waals surface area contributed by atoms with Gasteiger partial charge in [0.2, 0.25) is 0 Å². The number of anilines is 4. The maximum atomic E-state index is 14.0. The number of urea groups is 2. The van der Waals surface area contributed by atoms with Gasteiger partial charge in [-0.1, -0.05) is 66.7 Å². The van der Waals surface area contributed by atoms with Crippen molar-refractivity contribution in [3.05, 3.63) is 120 Å². The fraction of sp³-hybridized carbons (Fsp3) is 0.270. The first-order chi connectivity index (χ1) is 21.8. The molecule has 0 saturated heterocycles. The van der Waals surface area contributed by atoms with Crippen molar-refractivity contribution in [3.8, 4) is 0 Å². The Kier molecular flexibility index (Phi) is 11.3. The Balaban J connectivity index is 1.78. The van der Waals surface area contributed by atoms with Crippen LogP contribution in [-0.2, 0) is 0 Å². The third-order valence-corrected chi connectivity index (χ3v) is 7.76. The van der Waals surface area contributed by atoms with E-state index in [1.165, 1.54) is 0 Å². The number of nitrogens with zero attached hydrogens (tertiary/aromatic N) is 4. The molecule has 45 heavy (non-hydrogen) atoms. The molecule has 4 rings (SSSR count). The van der Waals surface area contributed by atoms with E-state index in [2.05, 4.69) is 5.32 Å². The van der Waals surface area contributed by atoms with Gasteiger partial charge in [0, 0.05) is 54.5 Å². The van der Waals surface area contributed by atoms with E-state index in [-0.39, 0.29) is 24.0 Å². The van der Waals surface area contributed by atoms with Gasteiger partial charge in [0.1, 0.15) is 0 Å². The molecule has 1 N–H and O–H groups in total. The molecule has 4 aromatic carbocycles. The van der Waals surface area contributed by atoms with E-state index >= 15 is 0 Å². The molecule has 0 aliphatic heterocycles. The summed E-state index contributed by atoms with van der Waals surface area (Å²) >= 11 is 0. The quantitative estimate of drug-likeness (QED) is 0.188. The molecule has 8 heteroatoms. The average Bonchev–Trinajstić information content (AvgIpc) is 3.07. The predicted molar refractivity (Wildman–Crippen MR) is 185 cm³/mol. The highest BCUT2D eigenvalue weighted by molar-refractivity contribution is 6.08. The van der Waals surface area contributed by atoms with Crippen LogP contribution in [0.4, 0.5) is 32.3 Å². The minimum absolute atomic E-state index is 0.221. The molecule has 234 valence electrons. The molecule has 4 aromatic rings. The monoisotopic (exact) mass is 605 g/mol. The largest absolute Gasteiger partial charge is 0.346 e. The van der Waals surface area contributed by atoms with Crippen molar-refractivity contribution in [1.29, 1.82) is 0 Å². The van der Waals surface area contributed by atoms with Gasteiger partial charge in [-0.2, -0.15) is 0 Å². The smallest absolute Gasteiger partial charge is 0.328 e. The van der Waals surface area contributed by atoms with Crippen LogP contribution in [0.1, 0.15) is 56.6 Å². The van der Waals surface area contributed by atoms with E-state index in [0.717, 1.165) is 16.9 Å². The Hall–Kier alpha value is -5.11. The molecular weight excluding hydrogens is 562 g/mol. The molecule has 0 unspecified atom stereocenters. The maximum absolute atomic E-state index is 14.0. The Morgan fingerprint density at radius 3 is 1.27 bits per heavy atom. The van der Waals surface area contributed by atoms with Crippen LogP contribution in [0.5, 0.6) is 0 Å². The Morgan fingerprint density at radius 2 is 0.889 bits per heavy atom. The summed E-state index contributed by atoms with van der Waals surface area (Å²) in [6.07, 6.45) is 0. The zero-order chi connectivity index (χ0) is 32.3. The highest BCUT2D eigenvalue weighted by atomic mass is 16.2. The normalized spacial score (nSPS) is 11.3. The van der Waals surface area contributed by atoms with Gasteiger partial charge >= 0.3 is 12.1 Å². The molecule has 0 saturated carbocycles. The minimum Gasteiger partial charge on any atom is -0.346 e. The van der Waals surface area contributed by atoms with Crippen LogP contribution in [0.2, 0.25) is 0 Å². The summed E-state index contributed by atoms with van der Waals surface area (Å²) in [6.45, 7) is 11.2. The molecule has 0 spiro atoms. The molecule has 0 heterocycles. The van der Waals surface area contributed by atoms with E-state index in [0.29, 0.717) is 43.1 Å². The van der Waals surface area contributed by atoms with E-state index in [4.69, 9.17) is 0 Å². The van der Waals surface area contributed by atoms with Crippen molar-refractivity contribution >= 4 is 40.7 Å². The molecule has 0 bridgehead atoms. The molecule has 5 amide bonds. The maximum Gasteiger partial charge on any atom is 0.328 e. The Morgan fingerprint density at radius 1 is 0.533 bits per heavy atom. The second-order valence-corrected chi connectivity index (χ2v) is 10.6. The summed E-state index contributed by atoms with van der Waals surface area (Å²) < 4.78 is 0. The number of hydrogen-bond acceptors (Lipinski definition) is 3. The molecular formula is C37H43N5O3. The highest BCUT2D eigenvalue weighted by Crippen LogP contribution is 2.30. The lowest BCUT2D eigenvalue weighted by Crippen LogP contribution is -2.45. The second-order valence-electron chi connectivity index (χ2n) is 10.6. The van der Waals surface area contributed by atoms with Gasteiger partial charge in [-0.05, 0) is 82.6 Å². The number of benzene rings is 4. The summed E-state index contributed by atoms with van der Waals surface area (Å²) in [4.78, 5) is 48.5. The molecule has 0 aliphatic carbocycles. The van der Waals surface area contributed by atoms with E-state index in [9.17, 15) is 14.4 Å². The summed E-state index contributed by atoms with van der Waals surface area (Å²) in [5.74, 6) is -0.299. The standard InChI is InChI=1S/C37H43N5O3/c1-6-39(31-21-15-11-16-22-31)36(44)41(8-3)33-25-30(35(43)38-28(5)29-19-13-10-14-20-29)26-34(27-33)42(9-4)37(45)40(7-2)32-23-17-12-18-24-32/h10-28H,6-9H2,1-5H3,(H,38,43)/t28-/m1/s1. The third-order valence-electron chi connectivity index (χ3n) is 7.76. The number of hydrogen-bond donors (Lipinski definition) is 1. The predicted octanol–water partition coefficient (Wildman–Crippen LogP) is 8.12. The molecule has 0 fully saturated rings. The van der Waals surface area contributed by atoms with E-state index in [1.54, 1.807) is 31.7 Å². The first-order valence-electron chi connectivity index (χ1n) is 15.6. The van der Waals surface area contributed by atoms with Gasteiger partial charge in [0.25, 0.3) is 5.91 Å². The summed E-state index contributed by atoms with van der Waals surface area (Å²) in [5.41, 5.74) is 3.94. The molecule has 0 aromatic heterocycles.